The molecule has 0 atom stereocenters. The van der Waals surface area contributed by atoms with Crippen molar-refractivity contribution in [1.29, 1.82) is 0 Å². The SMILES string of the molecule is CCn1c(-c2ccccc2)c2c(C)nc(-c3ccccc3)c-2[nH]c1=O.Cl. The molecule has 0 aliphatic carbocycles. The van der Waals surface area contributed by atoms with Gasteiger partial charge in [-0.1, -0.05) is 60.7 Å². The molecule has 26 heavy (non-hydrogen) atoms. The molecule has 4 nitrogen and oxygen atoms in total. The van der Waals surface area contributed by atoms with Gasteiger partial charge in [-0.05, 0) is 19.4 Å². The number of benzene rings is 2. The minimum Gasteiger partial charge on any atom is -0.305 e. The van der Waals surface area contributed by atoms with E-state index in [4.69, 9.17) is 4.98 Å². The van der Waals surface area contributed by atoms with Crippen LogP contribution in [0.1, 0.15) is 12.6 Å². The summed E-state index contributed by atoms with van der Waals surface area (Å²) < 4.78 is 1.78. The van der Waals surface area contributed by atoms with Gasteiger partial charge in [0.1, 0.15) is 0 Å². The Morgan fingerprint density at radius 3 is 2.12 bits per heavy atom. The first-order valence-electron chi connectivity index (χ1n) is 8.44. The van der Waals surface area contributed by atoms with Crippen LogP contribution in [0.3, 0.4) is 0 Å². The van der Waals surface area contributed by atoms with Crippen LogP contribution in [0.15, 0.2) is 65.5 Å². The Bertz CT molecular complexity index is 1050. The molecular formula is C21H20ClN3O. The van der Waals surface area contributed by atoms with Crippen molar-refractivity contribution in [2.24, 2.45) is 0 Å². The van der Waals surface area contributed by atoms with Gasteiger partial charge in [-0.15, -0.1) is 12.4 Å². The highest BCUT2D eigenvalue weighted by molar-refractivity contribution is 5.90. The number of H-pyrrole nitrogens is 1. The van der Waals surface area contributed by atoms with E-state index in [1.165, 1.54) is 0 Å². The smallest absolute Gasteiger partial charge is 0.305 e. The van der Waals surface area contributed by atoms with Crippen molar-refractivity contribution in [3.63, 3.8) is 0 Å². The molecule has 0 bridgehead atoms. The fourth-order valence-corrected chi connectivity index (χ4v) is 3.40. The molecule has 0 saturated carbocycles. The minimum absolute atomic E-state index is 0. The molecule has 2 aliphatic rings. The van der Waals surface area contributed by atoms with Crippen LogP contribution in [-0.4, -0.2) is 14.5 Å². The van der Waals surface area contributed by atoms with Crippen LogP contribution in [0, 0.1) is 6.92 Å². The van der Waals surface area contributed by atoms with Crippen molar-refractivity contribution in [1.82, 2.24) is 14.5 Å². The molecule has 2 aromatic rings. The molecule has 4 rings (SSSR count). The molecule has 2 heterocycles. The van der Waals surface area contributed by atoms with Gasteiger partial charge in [0, 0.05) is 23.4 Å². The third-order valence-electron chi connectivity index (χ3n) is 4.52. The number of nitrogens with zero attached hydrogens (tertiary/aromatic N) is 2. The summed E-state index contributed by atoms with van der Waals surface area (Å²) in [6, 6.07) is 20.0. The Morgan fingerprint density at radius 1 is 0.962 bits per heavy atom. The lowest BCUT2D eigenvalue weighted by molar-refractivity contribution is 0.709. The number of aromatic amines is 1. The van der Waals surface area contributed by atoms with Crippen LogP contribution in [0.5, 0.6) is 0 Å². The lowest BCUT2D eigenvalue weighted by Gasteiger charge is -2.16. The van der Waals surface area contributed by atoms with Crippen molar-refractivity contribution in [3.8, 4) is 33.8 Å². The highest BCUT2D eigenvalue weighted by atomic mass is 35.5. The van der Waals surface area contributed by atoms with E-state index in [0.717, 1.165) is 39.5 Å². The zero-order chi connectivity index (χ0) is 17.4. The van der Waals surface area contributed by atoms with E-state index >= 15 is 0 Å². The van der Waals surface area contributed by atoms with E-state index in [2.05, 4.69) is 4.98 Å². The van der Waals surface area contributed by atoms with E-state index < -0.39 is 0 Å². The number of hydrogen-bond acceptors (Lipinski definition) is 2. The standard InChI is InChI=1S/C21H19N3O.ClH/c1-3-24-20(16-12-8-5-9-13-16)17-14(2)22-18(19(17)23-21(24)25)15-10-6-4-7-11-15;/h4-13H,3H2,1-2H3,(H,23,25);1H. The van der Waals surface area contributed by atoms with E-state index in [1.807, 2.05) is 74.5 Å². The summed E-state index contributed by atoms with van der Waals surface area (Å²) in [6.07, 6.45) is 0. The van der Waals surface area contributed by atoms with Gasteiger partial charge in [0.15, 0.2) is 0 Å². The number of fused-ring (bicyclic) bond motifs is 1. The monoisotopic (exact) mass is 365 g/mol. The van der Waals surface area contributed by atoms with Crippen LogP contribution >= 0.6 is 12.4 Å². The first kappa shape index (κ1) is 18.0. The Kier molecular flexibility index (Phi) is 4.96. The molecular weight excluding hydrogens is 346 g/mol. The normalized spacial score (nSPS) is 10.7. The number of hydrogen-bond donors (Lipinski definition) is 1. The summed E-state index contributed by atoms with van der Waals surface area (Å²) in [5.74, 6) is 0. The maximum absolute atomic E-state index is 12.7. The third kappa shape index (κ3) is 2.82. The summed E-state index contributed by atoms with van der Waals surface area (Å²) >= 11 is 0. The van der Waals surface area contributed by atoms with E-state index in [1.54, 1.807) is 4.57 Å². The predicted molar refractivity (Wildman–Crippen MR) is 108 cm³/mol. The highest BCUT2D eigenvalue weighted by Crippen LogP contribution is 2.39. The molecule has 1 N–H and O–H groups in total. The predicted octanol–water partition coefficient (Wildman–Crippen LogP) is 4.76. The quantitative estimate of drug-likeness (QED) is 0.569. The van der Waals surface area contributed by atoms with Crippen molar-refractivity contribution in [2.75, 3.05) is 0 Å². The molecule has 5 heteroatoms. The van der Waals surface area contributed by atoms with Crippen LogP contribution < -0.4 is 5.69 Å². The lowest BCUT2D eigenvalue weighted by atomic mass is 10.00. The van der Waals surface area contributed by atoms with Crippen LogP contribution in [0.4, 0.5) is 0 Å². The largest absolute Gasteiger partial charge is 0.326 e. The second-order valence-electron chi connectivity index (χ2n) is 6.05. The molecule has 0 amide bonds. The van der Waals surface area contributed by atoms with Crippen molar-refractivity contribution in [2.45, 2.75) is 20.4 Å². The first-order valence-corrected chi connectivity index (χ1v) is 8.44. The van der Waals surface area contributed by atoms with Crippen molar-refractivity contribution in [3.05, 3.63) is 76.8 Å². The number of aryl methyl sites for hydroxylation is 1. The Hall–Kier alpha value is -2.85. The Morgan fingerprint density at radius 2 is 1.54 bits per heavy atom. The van der Waals surface area contributed by atoms with Crippen LogP contribution in [0.2, 0.25) is 0 Å². The molecule has 0 spiro atoms. The molecule has 0 fully saturated rings. The summed E-state index contributed by atoms with van der Waals surface area (Å²) in [4.78, 5) is 20.6. The zero-order valence-corrected chi connectivity index (χ0v) is 15.5. The topological polar surface area (TPSA) is 50.7 Å². The number of rotatable bonds is 3. The second kappa shape index (κ2) is 7.18. The Labute approximate surface area is 158 Å². The van der Waals surface area contributed by atoms with Gasteiger partial charge >= 0.3 is 5.69 Å². The van der Waals surface area contributed by atoms with Gasteiger partial charge in [-0.2, -0.15) is 0 Å². The minimum atomic E-state index is -0.113. The maximum atomic E-state index is 12.7. The zero-order valence-electron chi connectivity index (χ0n) is 14.7. The third-order valence-corrected chi connectivity index (χ3v) is 4.52. The van der Waals surface area contributed by atoms with Crippen molar-refractivity contribution >= 4 is 12.4 Å². The molecule has 2 aliphatic heterocycles. The van der Waals surface area contributed by atoms with Gasteiger partial charge in [0.2, 0.25) is 0 Å². The first-order chi connectivity index (χ1) is 12.2. The van der Waals surface area contributed by atoms with E-state index in [-0.39, 0.29) is 18.1 Å². The van der Waals surface area contributed by atoms with Crippen LogP contribution in [0.25, 0.3) is 33.8 Å². The summed E-state index contributed by atoms with van der Waals surface area (Å²) in [6.45, 7) is 4.58. The average molecular weight is 366 g/mol. The summed E-state index contributed by atoms with van der Waals surface area (Å²) in [5, 5.41) is 0. The van der Waals surface area contributed by atoms with Crippen LogP contribution in [-0.2, 0) is 6.54 Å². The Balaban J connectivity index is 0.00000196. The van der Waals surface area contributed by atoms with Crippen molar-refractivity contribution < 1.29 is 0 Å². The maximum Gasteiger partial charge on any atom is 0.326 e. The molecule has 0 aromatic heterocycles. The summed E-state index contributed by atoms with van der Waals surface area (Å²) in [5.41, 5.74) is 6.40. The second-order valence-corrected chi connectivity index (χ2v) is 6.05. The molecule has 0 radical (unpaired) electrons. The van der Waals surface area contributed by atoms with Gasteiger partial charge < -0.3 is 4.98 Å². The fraction of sp³-hybridized carbons (Fsp3) is 0.143. The van der Waals surface area contributed by atoms with E-state index in [0.29, 0.717) is 6.54 Å². The van der Waals surface area contributed by atoms with E-state index in [9.17, 15) is 4.79 Å². The number of aromatic nitrogens is 3. The molecule has 2 aromatic carbocycles. The van der Waals surface area contributed by atoms with Gasteiger partial charge in [0.05, 0.1) is 17.1 Å². The molecule has 0 unspecified atom stereocenters. The highest BCUT2D eigenvalue weighted by Gasteiger charge is 2.25. The number of halogens is 1. The van der Waals surface area contributed by atoms with Gasteiger partial charge in [-0.25, -0.2) is 4.79 Å². The fourth-order valence-electron chi connectivity index (χ4n) is 3.40. The molecule has 132 valence electrons. The van der Waals surface area contributed by atoms with Gasteiger partial charge in [0.25, 0.3) is 0 Å². The number of nitrogens with one attached hydrogen (secondary N) is 1. The lowest BCUT2D eigenvalue weighted by Crippen LogP contribution is -2.25. The average Bonchev–Trinajstić information content (AvgIpc) is 2.98. The summed E-state index contributed by atoms with van der Waals surface area (Å²) in [7, 11) is 0. The van der Waals surface area contributed by atoms with Gasteiger partial charge in [-0.3, -0.25) is 9.55 Å². The molecule has 0 saturated heterocycles.